The summed E-state index contributed by atoms with van der Waals surface area (Å²) in [6.45, 7) is 0. The van der Waals surface area contributed by atoms with Gasteiger partial charge in [-0.2, -0.15) is 0 Å². The largest absolute Gasteiger partial charge is 0.467 e. The van der Waals surface area contributed by atoms with Gasteiger partial charge in [0.25, 0.3) is 5.91 Å². The lowest BCUT2D eigenvalue weighted by atomic mass is 10.1. The Labute approximate surface area is 168 Å². The Kier molecular flexibility index (Phi) is 6.23. The van der Waals surface area contributed by atoms with Crippen molar-refractivity contribution in [2.75, 3.05) is 12.9 Å². The number of amides is 1. The van der Waals surface area contributed by atoms with Crippen molar-refractivity contribution in [1.82, 2.24) is 10.3 Å². The van der Waals surface area contributed by atoms with Crippen LogP contribution in [0.15, 0.2) is 71.8 Å². The Morgan fingerprint density at radius 1 is 1.07 bits per heavy atom. The van der Waals surface area contributed by atoms with Gasteiger partial charge in [-0.15, -0.1) is 0 Å². The molecule has 150 valence electrons. The average Bonchev–Trinajstić information content (AvgIpc) is 2.76. The van der Waals surface area contributed by atoms with Gasteiger partial charge in [0.1, 0.15) is 6.04 Å². The number of benzene rings is 2. The van der Waals surface area contributed by atoms with Gasteiger partial charge in [0.2, 0.25) is 0 Å². The second kappa shape index (κ2) is 8.83. The number of para-hydroxylation sites is 1. The summed E-state index contributed by atoms with van der Waals surface area (Å²) in [4.78, 5) is 29.1. The number of nitrogens with zero attached hydrogens (tertiary/aromatic N) is 1. The molecule has 1 N–H and O–H groups in total. The summed E-state index contributed by atoms with van der Waals surface area (Å²) in [5.74, 6) is -1.56. The van der Waals surface area contributed by atoms with Crippen LogP contribution in [0.4, 0.5) is 0 Å². The Morgan fingerprint density at radius 3 is 2.48 bits per heavy atom. The second-order valence-corrected chi connectivity index (χ2v) is 8.50. The van der Waals surface area contributed by atoms with Crippen molar-refractivity contribution < 1.29 is 22.7 Å². The van der Waals surface area contributed by atoms with Crippen LogP contribution in [0.2, 0.25) is 0 Å². The summed E-state index contributed by atoms with van der Waals surface area (Å²) < 4.78 is 29.7. The first-order valence-corrected chi connectivity index (χ1v) is 10.6. The summed E-state index contributed by atoms with van der Waals surface area (Å²) in [5, 5.41) is 3.33. The van der Waals surface area contributed by atoms with Gasteiger partial charge < -0.3 is 10.1 Å². The van der Waals surface area contributed by atoms with E-state index in [-0.39, 0.29) is 22.6 Å². The number of ether oxygens (including phenoxy) is 1. The van der Waals surface area contributed by atoms with E-state index in [4.69, 9.17) is 4.74 Å². The molecule has 0 saturated heterocycles. The zero-order valence-corrected chi connectivity index (χ0v) is 16.6. The van der Waals surface area contributed by atoms with Crippen molar-refractivity contribution >= 4 is 32.6 Å². The van der Waals surface area contributed by atoms with Crippen LogP contribution in [-0.2, 0) is 19.4 Å². The Bertz CT molecular complexity index is 1130. The van der Waals surface area contributed by atoms with Gasteiger partial charge in [-0.05, 0) is 30.7 Å². The van der Waals surface area contributed by atoms with Gasteiger partial charge in [0, 0.05) is 11.6 Å². The maximum absolute atomic E-state index is 12.6. The number of aromatic nitrogens is 1. The van der Waals surface area contributed by atoms with Crippen molar-refractivity contribution in [2.45, 2.75) is 17.4 Å². The fourth-order valence-electron chi connectivity index (χ4n) is 2.85. The number of carbonyl (C=O) groups is 2. The topological polar surface area (TPSA) is 102 Å². The van der Waals surface area contributed by atoms with Gasteiger partial charge in [-0.1, -0.05) is 36.4 Å². The molecule has 0 saturated carbocycles. The van der Waals surface area contributed by atoms with Crippen LogP contribution in [0.25, 0.3) is 10.9 Å². The lowest BCUT2D eigenvalue weighted by molar-refractivity contribution is -0.142. The zero-order chi connectivity index (χ0) is 20.9. The number of rotatable bonds is 7. The monoisotopic (exact) mass is 412 g/mol. The SMILES string of the molecule is COC(=O)[C@H](CCS(=O)(=O)c1ccccc1)NC(=O)c1cnc2ccccc2c1. The summed E-state index contributed by atoms with van der Waals surface area (Å²) in [5.41, 5.74) is 1.01. The Hall–Kier alpha value is -3.26. The van der Waals surface area contributed by atoms with Crippen molar-refractivity contribution in [1.29, 1.82) is 0 Å². The van der Waals surface area contributed by atoms with Gasteiger partial charge >= 0.3 is 5.97 Å². The number of carbonyl (C=O) groups excluding carboxylic acids is 2. The van der Waals surface area contributed by atoms with E-state index in [9.17, 15) is 18.0 Å². The highest BCUT2D eigenvalue weighted by atomic mass is 32.2. The van der Waals surface area contributed by atoms with Crippen LogP contribution in [-0.4, -0.2) is 44.2 Å². The van der Waals surface area contributed by atoms with Crippen LogP contribution in [0.1, 0.15) is 16.8 Å². The predicted molar refractivity (Wildman–Crippen MR) is 108 cm³/mol. The van der Waals surface area contributed by atoms with Gasteiger partial charge in [-0.3, -0.25) is 9.78 Å². The average molecular weight is 412 g/mol. The molecule has 0 aliphatic carbocycles. The lowest BCUT2D eigenvalue weighted by Gasteiger charge is -2.16. The molecule has 1 amide bonds. The Balaban J connectivity index is 1.74. The van der Waals surface area contributed by atoms with E-state index in [1.807, 2.05) is 24.3 Å². The molecule has 8 heteroatoms. The third kappa shape index (κ3) is 4.97. The van der Waals surface area contributed by atoms with Gasteiger partial charge in [0.05, 0.1) is 28.8 Å². The molecule has 7 nitrogen and oxygen atoms in total. The molecule has 29 heavy (non-hydrogen) atoms. The fraction of sp³-hybridized carbons (Fsp3) is 0.190. The quantitative estimate of drug-likeness (QED) is 0.598. The number of fused-ring (bicyclic) bond motifs is 1. The molecule has 3 rings (SSSR count). The number of methoxy groups -OCH3 is 1. The minimum atomic E-state index is -3.60. The third-order valence-electron chi connectivity index (χ3n) is 4.42. The molecule has 0 fully saturated rings. The normalized spacial score (nSPS) is 12.3. The predicted octanol–water partition coefficient (Wildman–Crippen LogP) is 2.37. The second-order valence-electron chi connectivity index (χ2n) is 6.39. The van der Waals surface area contributed by atoms with E-state index >= 15 is 0 Å². The maximum atomic E-state index is 12.6. The first-order valence-electron chi connectivity index (χ1n) is 8.92. The molecule has 0 unspecified atom stereocenters. The van der Waals surface area contributed by atoms with E-state index in [1.165, 1.54) is 25.4 Å². The molecule has 1 heterocycles. The number of sulfone groups is 1. The smallest absolute Gasteiger partial charge is 0.328 e. The minimum Gasteiger partial charge on any atom is -0.467 e. The molecule has 2 aromatic carbocycles. The van der Waals surface area contributed by atoms with Crippen molar-refractivity contribution in [3.8, 4) is 0 Å². The highest BCUT2D eigenvalue weighted by Crippen LogP contribution is 2.15. The summed E-state index contributed by atoms with van der Waals surface area (Å²) in [6.07, 6.45) is 1.30. The minimum absolute atomic E-state index is 0.114. The first-order chi connectivity index (χ1) is 13.9. The van der Waals surface area contributed by atoms with Crippen molar-refractivity contribution in [3.05, 3.63) is 72.4 Å². The van der Waals surface area contributed by atoms with Crippen LogP contribution in [0, 0.1) is 0 Å². The molecular formula is C21H20N2O5S. The molecular weight excluding hydrogens is 392 g/mol. The zero-order valence-electron chi connectivity index (χ0n) is 15.7. The van der Waals surface area contributed by atoms with E-state index in [2.05, 4.69) is 10.3 Å². The van der Waals surface area contributed by atoms with Crippen LogP contribution < -0.4 is 5.32 Å². The summed E-state index contributed by atoms with van der Waals surface area (Å²) in [7, 11) is -2.41. The van der Waals surface area contributed by atoms with Gasteiger partial charge in [-0.25, -0.2) is 13.2 Å². The highest BCUT2D eigenvalue weighted by molar-refractivity contribution is 7.91. The van der Waals surface area contributed by atoms with Crippen molar-refractivity contribution in [2.24, 2.45) is 0 Å². The van der Waals surface area contributed by atoms with Crippen LogP contribution >= 0.6 is 0 Å². The molecule has 3 aromatic rings. The molecule has 0 radical (unpaired) electrons. The van der Waals surface area contributed by atoms with E-state index in [0.29, 0.717) is 0 Å². The maximum Gasteiger partial charge on any atom is 0.328 e. The number of esters is 1. The number of pyridine rings is 1. The van der Waals surface area contributed by atoms with Crippen LogP contribution in [0.3, 0.4) is 0 Å². The molecule has 0 aliphatic heterocycles. The molecule has 0 aliphatic rings. The number of nitrogens with one attached hydrogen (secondary N) is 1. The number of hydrogen-bond acceptors (Lipinski definition) is 6. The molecule has 0 spiro atoms. The van der Waals surface area contributed by atoms with Crippen molar-refractivity contribution in [3.63, 3.8) is 0 Å². The standard InChI is InChI=1S/C21H20N2O5S/c1-28-21(25)19(11-12-29(26,27)17-8-3-2-4-9-17)23-20(24)16-13-15-7-5-6-10-18(15)22-14-16/h2-10,13-14,19H,11-12H2,1H3,(H,23,24)/t19-/m0/s1. The van der Waals surface area contributed by atoms with E-state index in [0.717, 1.165) is 10.9 Å². The lowest BCUT2D eigenvalue weighted by Crippen LogP contribution is -2.42. The number of hydrogen-bond donors (Lipinski definition) is 1. The van der Waals surface area contributed by atoms with E-state index in [1.54, 1.807) is 24.3 Å². The molecule has 0 bridgehead atoms. The molecule has 1 aromatic heterocycles. The third-order valence-corrected chi connectivity index (χ3v) is 6.18. The van der Waals surface area contributed by atoms with E-state index < -0.39 is 27.8 Å². The summed E-state index contributed by atoms with van der Waals surface area (Å²) in [6, 6.07) is 15.8. The Morgan fingerprint density at radius 2 is 1.76 bits per heavy atom. The fourth-order valence-corrected chi connectivity index (χ4v) is 4.20. The first kappa shape index (κ1) is 20.5. The highest BCUT2D eigenvalue weighted by Gasteiger charge is 2.25. The van der Waals surface area contributed by atoms with Gasteiger partial charge in [0.15, 0.2) is 9.84 Å². The van der Waals surface area contributed by atoms with Crippen LogP contribution in [0.5, 0.6) is 0 Å². The summed E-state index contributed by atoms with van der Waals surface area (Å²) >= 11 is 0. The molecule has 1 atom stereocenters.